The summed E-state index contributed by atoms with van der Waals surface area (Å²) in [5, 5.41) is 20.9. The topological polar surface area (TPSA) is 43.7 Å². The van der Waals surface area contributed by atoms with Crippen LogP contribution in [0.4, 0.5) is 0 Å². The first-order chi connectivity index (χ1) is 8.55. The van der Waals surface area contributed by atoms with Crippen LogP contribution in [-0.4, -0.2) is 45.9 Å². The van der Waals surface area contributed by atoms with Crippen LogP contribution in [-0.2, 0) is 0 Å². The second-order valence-electron chi connectivity index (χ2n) is 6.21. The summed E-state index contributed by atoms with van der Waals surface area (Å²) < 4.78 is 0. The van der Waals surface area contributed by atoms with Crippen molar-refractivity contribution in [3.05, 3.63) is 0 Å². The van der Waals surface area contributed by atoms with Crippen molar-refractivity contribution in [3.8, 4) is 12.3 Å². The van der Waals surface area contributed by atoms with E-state index in [-0.39, 0.29) is 0 Å². The first kappa shape index (κ1) is 13.9. The van der Waals surface area contributed by atoms with Gasteiger partial charge in [-0.1, -0.05) is 31.6 Å². The molecule has 0 aromatic heterocycles. The van der Waals surface area contributed by atoms with E-state index in [0.717, 1.165) is 51.4 Å². The smallest absolute Gasteiger partial charge is 0.0774 e. The second-order valence-corrected chi connectivity index (χ2v) is 6.21. The maximum Gasteiger partial charge on any atom is 0.0774 e. The molecule has 0 heterocycles. The van der Waals surface area contributed by atoms with Crippen molar-refractivity contribution in [2.45, 2.75) is 62.6 Å². The zero-order valence-corrected chi connectivity index (χ0v) is 11.2. The van der Waals surface area contributed by atoms with E-state index in [1.165, 1.54) is 0 Å². The van der Waals surface area contributed by atoms with Crippen LogP contribution >= 0.6 is 0 Å². The summed E-state index contributed by atoms with van der Waals surface area (Å²) in [5.74, 6) is 2.65. The van der Waals surface area contributed by atoms with Gasteiger partial charge in [0.1, 0.15) is 0 Å². The SMILES string of the molecule is C#CCN(CC1(O)CCCC1)CC1(O)CCCC1. The van der Waals surface area contributed by atoms with E-state index in [1.807, 2.05) is 0 Å². The molecule has 0 aromatic carbocycles. The maximum atomic E-state index is 10.5. The van der Waals surface area contributed by atoms with Crippen molar-refractivity contribution >= 4 is 0 Å². The van der Waals surface area contributed by atoms with Crippen molar-refractivity contribution in [1.82, 2.24) is 4.90 Å². The molecule has 0 atom stereocenters. The quantitative estimate of drug-likeness (QED) is 0.728. The molecular weight excluding hydrogens is 226 g/mol. The lowest BCUT2D eigenvalue weighted by atomic mass is 9.98. The predicted molar refractivity (Wildman–Crippen MR) is 72.1 cm³/mol. The van der Waals surface area contributed by atoms with Crippen molar-refractivity contribution in [3.63, 3.8) is 0 Å². The third-order valence-corrected chi connectivity index (χ3v) is 4.42. The van der Waals surface area contributed by atoms with E-state index in [0.29, 0.717) is 19.6 Å². The molecule has 0 aliphatic heterocycles. The molecule has 2 aliphatic carbocycles. The molecule has 0 spiro atoms. The minimum atomic E-state index is -0.578. The first-order valence-electron chi connectivity index (χ1n) is 7.16. The van der Waals surface area contributed by atoms with Crippen LogP contribution in [0, 0.1) is 12.3 Å². The normalized spacial score (nSPS) is 25.4. The number of terminal acetylenes is 1. The summed E-state index contributed by atoms with van der Waals surface area (Å²) in [7, 11) is 0. The summed E-state index contributed by atoms with van der Waals surface area (Å²) in [6, 6.07) is 0. The van der Waals surface area contributed by atoms with Gasteiger partial charge in [-0.25, -0.2) is 0 Å². The number of rotatable bonds is 5. The minimum absolute atomic E-state index is 0.518. The Bertz CT molecular complexity index is 285. The van der Waals surface area contributed by atoms with Gasteiger partial charge in [0.05, 0.1) is 17.7 Å². The highest BCUT2D eigenvalue weighted by atomic mass is 16.3. The molecule has 0 saturated heterocycles. The fraction of sp³-hybridized carbons (Fsp3) is 0.867. The molecule has 2 N–H and O–H groups in total. The van der Waals surface area contributed by atoms with Crippen molar-refractivity contribution in [2.24, 2.45) is 0 Å². The Morgan fingerprint density at radius 3 is 1.61 bits per heavy atom. The van der Waals surface area contributed by atoms with E-state index in [2.05, 4.69) is 10.8 Å². The maximum absolute atomic E-state index is 10.5. The van der Waals surface area contributed by atoms with Crippen LogP contribution in [0.5, 0.6) is 0 Å². The van der Waals surface area contributed by atoms with Gasteiger partial charge in [0.15, 0.2) is 0 Å². The highest BCUT2D eigenvalue weighted by molar-refractivity contribution is 4.97. The monoisotopic (exact) mass is 251 g/mol. The molecule has 3 nitrogen and oxygen atoms in total. The van der Waals surface area contributed by atoms with E-state index >= 15 is 0 Å². The Labute approximate surface area is 110 Å². The van der Waals surface area contributed by atoms with Gasteiger partial charge in [-0.15, -0.1) is 6.42 Å². The molecule has 0 bridgehead atoms. The van der Waals surface area contributed by atoms with Crippen LogP contribution in [0.1, 0.15) is 51.4 Å². The van der Waals surface area contributed by atoms with Crippen molar-refractivity contribution in [2.75, 3.05) is 19.6 Å². The molecule has 18 heavy (non-hydrogen) atoms. The number of aliphatic hydroxyl groups is 2. The molecule has 2 saturated carbocycles. The molecule has 2 rings (SSSR count). The summed E-state index contributed by atoms with van der Waals surface area (Å²) >= 11 is 0. The average Bonchev–Trinajstić information content (AvgIpc) is 2.88. The van der Waals surface area contributed by atoms with Crippen molar-refractivity contribution in [1.29, 1.82) is 0 Å². The zero-order chi connectivity index (χ0) is 13.1. The molecule has 0 unspecified atom stereocenters. The van der Waals surface area contributed by atoms with Crippen LogP contribution in [0.2, 0.25) is 0 Å². The van der Waals surface area contributed by atoms with Gasteiger partial charge in [-0.2, -0.15) is 0 Å². The van der Waals surface area contributed by atoms with E-state index < -0.39 is 11.2 Å². The lowest BCUT2D eigenvalue weighted by molar-refractivity contribution is -0.0286. The summed E-state index contributed by atoms with van der Waals surface area (Å²) in [6.07, 6.45) is 13.3. The highest BCUT2D eigenvalue weighted by Gasteiger charge is 2.37. The third-order valence-electron chi connectivity index (χ3n) is 4.42. The second kappa shape index (κ2) is 5.61. The van der Waals surface area contributed by atoms with Crippen LogP contribution < -0.4 is 0 Å². The number of nitrogens with zero attached hydrogens (tertiary/aromatic N) is 1. The first-order valence-corrected chi connectivity index (χ1v) is 7.16. The van der Waals surface area contributed by atoms with Crippen LogP contribution in [0.3, 0.4) is 0 Å². The Balaban J connectivity index is 1.93. The largest absolute Gasteiger partial charge is 0.389 e. The van der Waals surface area contributed by atoms with Gasteiger partial charge in [-0.3, -0.25) is 4.90 Å². The van der Waals surface area contributed by atoms with E-state index in [1.54, 1.807) is 0 Å². The number of hydrogen-bond acceptors (Lipinski definition) is 3. The lowest BCUT2D eigenvalue weighted by Crippen LogP contribution is -2.48. The Kier molecular flexibility index (Phi) is 4.32. The lowest BCUT2D eigenvalue weighted by Gasteiger charge is -2.35. The van der Waals surface area contributed by atoms with E-state index in [4.69, 9.17) is 6.42 Å². The molecule has 3 heteroatoms. The zero-order valence-electron chi connectivity index (χ0n) is 11.2. The number of hydrogen-bond donors (Lipinski definition) is 2. The predicted octanol–water partition coefficient (Wildman–Crippen LogP) is 1.53. The molecule has 0 amide bonds. The molecule has 0 radical (unpaired) electrons. The van der Waals surface area contributed by atoms with Gasteiger partial charge >= 0.3 is 0 Å². The highest BCUT2D eigenvalue weighted by Crippen LogP contribution is 2.33. The van der Waals surface area contributed by atoms with Gasteiger partial charge in [0.25, 0.3) is 0 Å². The van der Waals surface area contributed by atoms with Gasteiger partial charge in [0.2, 0.25) is 0 Å². The molecule has 102 valence electrons. The average molecular weight is 251 g/mol. The minimum Gasteiger partial charge on any atom is -0.389 e. The summed E-state index contributed by atoms with van der Waals surface area (Å²) in [4.78, 5) is 2.07. The van der Waals surface area contributed by atoms with Crippen LogP contribution in [0.15, 0.2) is 0 Å². The Morgan fingerprint density at radius 2 is 1.28 bits per heavy atom. The van der Waals surface area contributed by atoms with Gasteiger partial charge in [-0.05, 0) is 25.7 Å². The van der Waals surface area contributed by atoms with E-state index in [9.17, 15) is 10.2 Å². The fourth-order valence-corrected chi connectivity index (χ4v) is 3.51. The fourth-order valence-electron chi connectivity index (χ4n) is 3.51. The third kappa shape index (κ3) is 3.47. The molecular formula is C15H25NO2. The summed E-state index contributed by atoms with van der Waals surface area (Å²) in [5.41, 5.74) is -1.16. The Morgan fingerprint density at radius 1 is 0.889 bits per heavy atom. The standard InChI is InChI=1S/C15H25NO2/c1-2-11-16(12-14(17)7-3-4-8-14)13-15(18)9-5-6-10-15/h1,17-18H,3-13H2. The molecule has 2 fully saturated rings. The summed E-state index contributed by atoms with van der Waals surface area (Å²) in [6.45, 7) is 1.74. The van der Waals surface area contributed by atoms with Gasteiger partial charge < -0.3 is 10.2 Å². The Hall–Kier alpha value is -0.560. The molecule has 2 aliphatic rings. The van der Waals surface area contributed by atoms with Crippen molar-refractivity contribution < 1.29 is 10.2 Å². The van der Waals surface area contributed by atoms with Gasteiger partial charge in [0, 0.05) is 13.1 Å². The van der Waals surface area contributed by atoms with Crippen LogP contribution in [0.25, 0.3) is 0 Å². The molecule has 0 aromatic rings.